The molecular weight excluding hydrogens is 282 g/mol. The first-order valence-electron chi connectivity index (χ1n) is 7.45. The standard InChI is InChI=1S/C16H19N3O3/c20-15(18-12-5-3-7-22-10-12)9-17-16(21)14-8-11-4-1-2-6-13(11)19-14/h1-2,4,6,8,12,19H,3,5,7,9-10H2,(H,17,21)(H,18,20). The maximum atomic E-state index is 12.1. The van der Waals surface area contributed by atoms with Crippen molar-refractivity contribution in [3.05, 3.63) is 36.0 Å². The second kappa shape index (κ2) is 6.62. The van der Waals surface area contributed by atoms with E-state index in [1.165, 1.54) is 0 Å². The van der Waals surface area contributed by atoms with Crippen LogP contribution < -0.4 is 10.6 Å². The molecule has 1 aromatic heterocycles. The van der Waals surface area contributed by atoms with Gasteiger partial charge < -0.3 is 20.4 Å². The molecule has 1 unspecified atom stereocenters. The van der Waals surface area contributed by atoms with Crippen LogP contribution in [0.15, 0.2) is 30.3 Å². The van der Waals surface area contributed by atoms with Crippen LogP contribution in [0.4, 0.5) is 0 Å². The van der Waals surface area contributed by atoms with Gasteiger partial charge in [0.15, 0.2) is 0 Å². The van der Waals surface area contributed by atoms with Gasteiger partial charge in [0.2, 0.25) is 5.91 Å². The maximum absolute atomic E-state index is 12.1. The van der Waals surface area contributed by atoms with Crippen molar-refractivity contribution in [3.63, 3.8) is 0 Å². The largest absolute Gasteiger partial charge is 0.379 e. The van der Waals surface area contributed by atoms with E-state index < -0.39 is 0 Å². The van der Waals surface area contributed by atoms with Gasteiger partial charge >= 0.3 is 0 Å². The molecule has 2 aromatic rings. The van der Waals surface area contributed by atoms with Gasteiger partial charge in [0.25, 0.3) is 5.91 Å². The molecule has 0 radical (unpaired) electrons. The predicted molar refractivity (Wildman–Crippen MR) is 82.6 cm³/mol. The molecule has 0 bridgehead atoms. The van der Waals surface area contributed by atoms with Crippen LogP contribution in [-0.4, -0.2) is 42.6 Å². The fourth-order valence-corrected chi connectivity index (χ4v) is 2.58. The van der Waals surface area contributed by atoms with Crippen LogP contribution in [-0.2, 0) is 9.53 Å². The Balaban J connectivity index is 1.52. The lowest BCUT2D eigenvalue weighted by Gasteiger charge is -2.23. The first kappa shape index (κ1) is 14.6. The van der Waals surface area contributed by atoms with E-state index in [1.807, 2.05) is 24.3 Å². The molecule has 6 heteroatoms. The Labute approximate surface area is 128 Å². The molecule has 3 N–H and O–H groups in total. The summed E-state index contributed by atoms with van der Waals surface area (Å²) in [5, 5.41) is 6.46. The van der Waals surface area contributed by atoms with Crippen LogP contribution in [0, 0.1) is 0 Å². The van der Waals surface area contributed by atoms with Gasteiger partial charge in [-0.1, -0.05) is 18.2 Å². The molecule has 1 atom stereocenters. The van der Waals surface area contributed by atoms with Crippen LogP contribution in [0.25, 0.3) is 10.9 Å². The number of H-pyrrole nitrogens is 1. The summed E-state index contributed by atoms with van der Waals surface area (Å²) in [5.41, 5.74) is 1.35. The van der Waals surface area contributed by atoms with Crippen LogP contribution in [0.5, 0.6) is 0 Å². The van der Waals surface area contributed by atoms with Crippen molar-refractivity contribution in [2.24, 2.45) is 0 Å². The Bertz CT molecular complexity index is 641. The van der Waals surface area contributed by atoms with Crippen molar-refractivity contribution in [1.82, 2.24) is 15.6 Å². The van der Waals surface area contributed by atoms with Gasteiger partial charge in [-0.25, -0.2) is 0 Å². The van der Waals surface area contributed by atoms with Crippen molar-refractivity contribution in [2.45, 2.75) is 18.9 Å². The molecule has 1 aliphatic rings. The number of hydrogen-bond acceptors (Lipinski definition) is 3. The average molecular weight is 301 g/mol. The molecular formula is C16H19N3O3. The van der Waals surface area contributed by atoms with Gasteiger partial charge in [0.05, 0.1) is 19.2 Å². The number of rotatable bonds is 4. The van der Waals surface area contributed by atoms with E-state index in [0.717, 1.165) is 30.4 Å². The third kappa shape index (κ3) is 3.46. The topological polar surface area (TPSA) is 83.2 Å². The number of carbonyl (C=O) groups is 2. The molecule has 116 valence electrons. The van der Waals surface area contributed by atoms with E-state index in [4.69, 9.17) is 4.74 Å². The highest BCUT2D eigenvalue weighted by atomic mass is 16.5. The zero-order valence-electron chi connectivity index (χ0n) is 12.2. The predicted octanol–water partition coefficient (Wildman–Crippen LogP) is 1.19. The third-order valence-electron chi connectivity index (χ3n) is 3.71. The SMILES string of the molecule is O=C(CNC(=O)c1cc2ccccc2[nH]1)NC1CCCOC1. The smallest absolute Gasteiger partial charge is 0.268 e. The van der Waals surface area contributed by atoms with E-state index >= 15 is 0 Å². The highest BCUT2D eigenvalue weighted by Crippen LogP contribution is 2.14. The number of carbonyl (C=O) groups excluding carboxylic acids is 2. The van der Waals surface area contributed by atoms with Crippen molar-refractivity contribution >= 4 is 22.7 Å². The molecule has 3 rings (SSSR count). The molecule has 0 spiro atoms. The summed E-state index contributed by atoms with van der Waals surface area (Å²) in [5.74, 6) is -0.480. The lowest BCUT2D eigenvalue weighted by atomic mass is 10.1. The number of para-hydroxylation sites is 1. The van der Waals surface area contributed by atoms with Gasteiger partial charge in [0.1, 0.15) is 5.69 Å². The minimum atomic E-state index is -0.286. The number of ether oxygens (including phenoxy) is 1. The summed E-state index contributed by atoms with van der Waals surface area (Å²) in [4.78, 5) is 26.9. The number of fused-ring (bicyclic) bond motifs is 1. The van der Waals surface area contributed by atoms with E-state index in [0.29, 0.717) is 12.3 Å². The minimum absolute atomic E-state index is 0.0370. The molecule has 2 heterocycles. The Kier molecular flexibility index (Phi) is 4.39. The molecule has 1 aliphatic heterocycles. The Hall–Kier alpha value is -2.34. The van der Waals surface area contributed by atoms with Crippen molar-refractivity contribution < 1.29 is 14.3 Å². The summed E-state index contributed by atoms with van der Waals surface area (Å²) >= 11 is 0. The van der Waals surface area contributed by atoms with Crippen molar-refractivity contribution in [1.29, 1.82) is 0 Å². The van der Waals surface area contributed by atoms with Crippen LogP contribution in [0.3, 0.4) is 0 Å². The number of amides is 2. The van der Waals surface area contributed by atoms with Crippen LogP contribution >= 0.6 is 0 Å². The van der Waals surface area contributed by atoms with Crippen molar-refractivity contribution in [3.8, 4) is 0 Å². The molecule has 6 nitrogen and oxygen atoms in total. The monoisotopic (exact) mass is 301 g/mol. The van der Waals surface area contributed by atoms with Gasteiger partial charge in [-0.05, 0) is 25.0 Å². The maximum Gasteiger partial charge on any atom is 0.268 e. The van der Waals surface area contributed by atoms with E-state index in [1.54, 1.807) is 6.07 Å². The molecule has 0 saturated carbocycles. The second-order valence-electron chi connectivity index (χ2n) is 5.43. The number of nitrogens with one attached hydrogen (secondary N) is 3. The average Bonchev–Trinajstić information content (AvgIpc) is 2.98. The zero-order valence-corrected chi connectivity index (χ0v) is 12.2. The van der Waals surface area contributed by atoms with E-state index in [9.17, 15) is 9.59 Å². The highest BCUT2D eigenvalue weighted by molar-refractivity contribution is 5.99. The second-order valence-corrected chi connectivity index (χ2v) is 5.43. The van der Waals surface area contributed by atoms with Gasteiger partial charge in [0, 0.05) is 17.5 Å². The van der Waals surface area contributed by atoms with Gasteiger partial charge in [-0.3, -0.25) is 9.59 Å². The first-order valence-corrected chi connectivity index (χ1v) is 7.45. The summed E-state index contributed by atoms with van der Waals surface area (Å²) < 4.78 is 5.30. The van der Waals surface area contributed by atoms with E-state index in [-0.39, 0.29) is 24.4 Å². The van der Waals surface area contributed by atoms with Gasteiger partial charge in [-0.15, -0.1) is 0 Å². The molecule has 22 heavy (non-hydrogen) atoms. The number of hydrogen-bond donors (Lipinski definition) is 3. The first-order chi connectivity index (χ1) is 10.7. The van der Waals surface area contributed by atoms with Crippen molar-refractivity contribution in [2.75, 3.05) is 19.8 Å². The molecule has 1 aromatic carbocycles. The quantitative estimate of drug-likeness (QED) is 0.793. The van der Waals surface area contributed by atoms with Crippen LogP contribution in [0.2, 0.25) is 0 Å². The summed E-state index contributed by atoms with van der Waals surface area (Å²) in [6, 6.07) is 9.47. The van der Waals surface area contributed by atoms with Gasteiger partial charge in [-0.2, -0.15) is 0 Å². The Morgan fingerprint density at radius 1 is 1.32 bits per heavy atom. The third-order valence-corrected chi connectivity index (χ3v) is 3.71. The Morgan fingerprint density at radius 2 is 2.18 bits per heavy atom. The molecule has 1 saturated heterocycles. The highest BCUT2D eigenvalue weighted by Gasteiger charge is 2.17. The Morgan fingerprint density at radius 3 is 2.95 bits per heavy atom. The molecule has 1 fully saturated rings. The minimum Gasteiger partial charge on any atom is -0.379 e. The summed E-state index contributed by atoms with van der Waals surface area (Å²) in [6.45, 7) is 1.26. The summed E-state index contributed by atoms with van der Waals surface area (Å²) in [7, 11) is 0. The number of aromatic amines is 1. The lowest BCUT2D eigenvalue weighted by molar-refractivity contribution is -0.121. The molecule has 2 amide bonds. The number of benzene rings is 1. The zero-order chi connectivity index (χ0) is 15.4. The normalized spacial score (nSPS) is 18.1. The number of aromatic nitrogens is 1. The summed E-state index contributed by atoms with van der Waals surface area (Å²) in [6.07, 6.45) is 1.87. The fourth-order valence-electron chi connectivity index (χ4n) is 2.58. The van der Waals surface area contributed by atoms with Crippen LogP contribution in [0.1, 0.15) is 23.3 Å². The fraction of sp³-hybridized carbons (Fsp3) is 0.375. The van der Waals surface area contributed by atoms with E-state index in [2.05, 4.69) is 15.6 Å². The lowest BCUT2D eigenvalue weighted by Crippen LogP contribution is -2.45. The molecule has 0 aliphatic carbocycles.